The Balaban J connectivity index is 0.000000295. The molecule has 4 aliphatic rings. The molecule has 2 saturated heterocycles. The third-order valence-electron chi connectivity index (χ3n) is 12.1. The summed E-state index contributed by atoms with van der Waals surface area (Å²) in [6.45, 7) is 3.93. The minimum absolute atomic E-state index is 0.128. The van der Waals surface area contributed by atoms with E-state index in [1.165, 1.54) is 45.6 Å². The normalized spacial score (nSPS) is 20.9. The highest BCUT2D eigenvalue weighted by atomic mass is 16.5. The number of rotatable bonds is 18. The van der Waals surface area contributed by atoms with Crippen molar-refractivity contribution in [3.8, 4) is 0 Å². The van der Waals surface area contributed by atoms with Gasteiger partial charge in [-0.3, -0.25) is 19.2 Å². The van der Waals surface area contributed by atoms with Gasteiger partial charge in [0.05, 0.1) is 6.42 Å². The van der Waals surface area contributed by atoms with Crippen LogP contribution in [-0.2, 0) is 28.7 Å². The Morgan fingerprint density at radius 2 is 1.11 bits per heavy atom. The van der Waals surface area contributed by atoms with E-state index in [-0.39, 0.29) is 32.0 Å². The van der Waals surface area contributed by atoms with Crippen LogP contribution in [0.3, 0.4) is 0 Å². The number of carboxylic acid groups (broad SMARTS) is 2. The van der Waals surface area contributed by atoms with Crippen molar-refractivity contribution in [1.29, 1.82) is 0 Å². The lowest BCUT2D eigenvalue weighted by molar-refractivity contribution is -0.149. The van der Waals surface area contributed by atoms with Crippen LogP contribution in [-0.4, -0.2) is 78.4 Å². The SMILES string of the molecule is C1CC2CCC(C1)C2.CCC/C=C/CCC(=O)OCC(C(=O)O)c1ccccc1.CCCC/C=C/CC(=O)OCC(C(=O)O)c1ccccc1.CN.CN1C2CCCC1CC2. The molecule has 0 spiro atoms. The molecule has 2 saturated carbocycles. The van der Waals surface area contributed by atoms with Gasteiger partial charge in [-0.1, -0.05) is 157 Å². The Labute approximate surface area is 367 Å². The van der Waals surface area contributed by atoms with Crippen LogP contribution >= 0.6 is 0 Å². The van der Waals surface area contributed by atoms with E-state index >= 15 is 0 Å². The molecule has 61 heavy (non-hydrogen) atoms. The molecule has 2 aromatic rings. The molecule has 0 radical (unpaired) electrons. The summed E-state index contributed by atoms with van der Waals surface area (Å²) in [6.07, 6.45) is 30.8. The van der Waals surface area contributed by atoms with Crippen LogP contribution in [0.1, 0.15) is 159 Å². The Morgan fingerprint density at radius 3 is 1.57 bits per heavy atom. The lowest BCUT2D eigenvalue weighted by Gasteiger charge is -2.30. The maximum Gasteiger partial charge on any atom is 0.314 e. The fourth-order valence-corrected chi connectivity index (χ4v) is 8.47. The molecule has 10 nitrogen and oxygen atoms in total. The molecule has 0 aromatic heterocycles. The average molecular weight is 847 g/mol. The minimum Gasteiger partial charge on any atom is -0.481 e. The van der Waals surface area contributed by atoms with E-state index in [0.29, 0.717) is 17.5 Å². The van der Waals surface area contributed by atoms with Crippen molar-refractivity contribution >= 4 is 23.9 Å². The number of nitrogens with zero attached hydrogens (tertiary/aromatic N) is 1. The van der Waals surface area contributed by atoms with Crippen LogP contribution in [0.25, 0.3) is 0 Å². The highest BCUT2D eigenvalue weighted by Gasteiger charge is 2.33. The number of piperidine rings is 1. The van der Waals surface area contributed by atoms with Crippen LogP contribution in [0.5, 0.6) is 0 Å². The van der Waals surface area contributed by atoms with Gasteiger partial charge in [-0.25, -0.2) is 0 Å². The largest absolute Gasteiger partial charge is 0.481 e. The van der Waals surface area contributed by atoms with E-state index in [0.717, 1.165) is 56.0 Å². The summed E-state index contributed by atoms with van der Waals surface area (Å²) in [4.78, 5) is 48.2. The number of esters is 2. The van der Waals surface area contributed by atoms with Crippen LogP contribution in [0.15, 0.2) is 85.0 Å². The van der Waals surface area contributed by atoms with Crippen molar-refractivity contribution in [2.24, 2.45) is 17.6 Å². The number of hydrogen-bond acceptors (Lipinski definition) is 8. The number of aliphatic carboxylic acids is 2. The first kappa shape index (κ1) is 52.9. The van der Waals surface area contributed by atoms with Crippen LogP contribution in [0, 0.1) is 11.8 Å². The number of ether oxygens (including phenoxy) is 2. The summed E-state index contributed by atoms with van der Waals surface area (Å²) >= 11 is 0. The Hall–Kier alpha value is -4.28. The summed E-state index contributed by atoms with van der Waals surface area (Å²) < 4.78 is 10.1. The molecule has 2 heterocycles. The molecular weight excluding hydrogens is 769 g/mol. The topological polar surface area (TPSA) is 156 Å². The number of carbonyl (C=O) groups is 4. The smallest absolute Gasteiger partial charge is 0.314 e. The molecule has 6 atom stereocenters. The highest BCUT2D eigenvalue weighted by molar-refractivity contribution is 5.78. The molecule has 2 aliphatic carbocycles. The van der Waals surface area contributed by atoms with Crippen molar-refractivity contribution in [1.82, 2.24) is 4.90 Å². The number of hydrogen-bond donors (Lipinski definition) is 3. The zero-order valence-corrected chi connectivity index (χ0v) is 37.8. The molecule has 10 heteroatoms. The minimum atomic E-state index is -0.993. The standard InChI is InChI=1S/2C17H22O4.C8H15N.C8H14.CH5N/c2*1-2-3-4-5-9-12-16(18)21-13-15(17(19)20)14-10-7-6-8-11-14;1-9-7-3-2-4-8(9)6-5-7;1-2-7-4-5-8(3-1)6-7;1-2/h5-11,15H,2-4,12-13H2,1H3,(H,19,20);4-8,10-11,15H,2-3,9,12-13H2,1H3,(H,19,20);7-8H,2-6H2,1H3;7-8H,1-6H2;2H2,1H3/b9-5+;5-4+;;;. The monoisotopic (exact) mass is 847 g/mol. The van der Waals surface area contributed by atoms with Crippen molar-refractivity contribution in [2.45, 2.75) is 160 Å². The summed E-state index contributed by atoms with van der Waals surface area (Å²) in [6, 6.07) is 19.5. The fraction of sp³-hybridized carbons (Fsp3) is 0.608. The third-order valence-corrected chi connectivity index (χ3v) is 12.1. The number of fused-ring (bicyclic) bond motifs is 4. The Bertz CT molecular complexity index is 1520. The summed E-state index contributed by atoms with van der Waals surface area (Å²) in [5, 5.41) is 18.4. The molecule has 4 N–H and O–H groups in total. The molecule has 6 unspecified atom stereocenters. The van der Waals surface area contributed by atoms with Crippen molar-refractivity contribution in [3.05, 3.63) is 96.1 Å². The van der Waals surface area contributed by atoms with Gasteiger partial charge in [-0.05, 0) is 88.4 Å². The van der Waals surface area contributed by atoms with E-state index in [9.17, 15) is 29.4 Å². The lowest BCUT2D eigenvalue weighted by Crippen LogP contribution is -2.35. The van der Waals surface area contributed by atoms with E-state index in [1.807, 2.05) is 30.4 Å². The second-order valence-corrected chi connectivity index (χ2v) is 16.5. The van der Waals surface area contributed by atoms with E-state index in [2.05, 4.69) is 31.5 Å². The van der Waals surface area contributed by atoms with Crippen LogP contribution < -0.4 is 5.73 Å². The fourth-order valence-electron chi connectivity index (χ4n) is 8.47. The van der Waals surface area contributed by atoms with Gasteiger partial charge in [-0.2, -0.15) is 0 Å². The number of allylic oxidation sites excluding steroid dienone is 3. The molecule has 2 aromatic carbocycles. The van der Waals surface area contributed by atoms with Crippen molar-refractivity contribution in [3.63, 3.8) is 0 Å². The van der Waals surface area contributed by atoms with E-state index in [4.69, 9.17) is 9.47 Å². The lowest BCUT2D eigenvalue weighted by atomic mass is 9.89. The Morgan fingerprint density at radius 1 is 0.639 bits per heavy atom. The third kappa shape index (κ3) is 21.9. The van der Waals surface area contributed by atoms with Gasteiger partial charge in [0.15, 0.2) is 0 Å². The predicted octanol–water partition coefficient (Wildman–Crippen LogP) is 10.9. The number of nitrogens with two attached hydrogens (primary N) is 1. The zero-order valence-electron chi connectivity index (χ0n) is 37.8. The van der Waals surface area contributed by atoms with Gasteiger partial charge in [0.1, 0.15) is 25.0 Å². The maximum absolute atomic E-state index is 11.6. The van der Waals surface area contributed by atoms with E-state index in [1.54, 1.807) is 86.7 Å². The van der Waals surface area contributed by atoms with Gasteiger partial charge >= 0.3 is 23.9 Å². The molecule has 2 aliphatic heterocycles. The molecule has 4 bridgehead atoms. The first-order valence-electron chi connectivity index (χ1n) is 23.1. The van der Waals surface area contributed by atoms with Gasteiger partial charge in [0.25, 0.3) is 0 Å². The number of carboxylic acids is 2. The molecule has 6 rings (SSSR count). The molecule has 4 fully saturated rings. The highest BCUT2D eigenvalue weighted by Crippen LogP contribution is 2.41. The first-order chi connectivity index (χ1) is 29.6. The summed E-state index contributed by atoms with van der Waals surface area (Å²) in [5.41, 5.74) is 5.77. The van der Waals surface area contributed by atoms with E-state index < -0.39 is 29.7 Å². The van der Waals surface area contributed by atoms with Crippen molar-refractivity contribution in [2.75, 3.05) is 27.3 Å². The molecule has 340 valence electrons. The van der Waals surface area contributed by atoms with Gasteiger partial charge < -0.3 is 30.3 Å². The van der Waals surface area contributed by atoms with Gasteiger partial charge in [0, 0.05) is 18.5 Å². The van der Waals surface area contributed by atoms with Crippen LogP contribution in [0.4, 0.5) is 0 Å². The second-order valence-electron chi connectivity index (χ2n) is 16.5. The van der Waals surface area contributed by atoms with Gasteiger partial charge in [-0.15, -0.1) is 0 Å². The predicted molar refractivity (Wildman–Crippen MR) is 245 cm³/mol. The first-order valence-corrected chi connectivity index (χ1v) is 23.1. The number of carbonyl (C=O) groups excluding carboxylic acids is 2. The maximum atomic E-state index is 11.6. The summed E-state index contributed by atoms with van der Waals surface area (Å²) in [5.74, 6) is -2.06. The molecule has 0 amide bonds. The van der Waals surface area contributed by atoms with Crippen LogP contribution in [0.2, 0.25) is 0 Å². The average Bonchev–Trinajstić information content (AvgIpc) is 3.67. The van der Waals surface area contributed by atoms with Crippen molar-refractivity contribution < 1.29 is 38.9 Å². The zero-order chi connectivity index (χ0) is 44.7. The quantitative estimate of drug-likeness (QED) is 0.0749. The second kappa shape index (κ2) is 32.4. The summed E-state index contributed by atoms with van der Waals surface area (Å²) in [7, 11) is 3.79. The molecular formula is C51H78N2O8. The number of benzene rings is 2. The Kier molecular flexibility index (Phi) is 28.1. The van der Waals surface area contributed by atoms with Gasteiger partial charge in [0.2, 0.25) is 0 Å². The number of unbranched alkanes of at least 4 members (excludes halogenated alkanes) is 3.